The Labute approximate surface area is 561 Å². The second-order valence-electron chi connectivity index (χ2n) is 29.9. The first-order chi connectivity index (χ1) is 44.1. The molecule has 0 saturated carbocycles. The van der Waals surface area contributed by atoms with E-state index < -0.39 is 17.9 Å². The van der Waals surface area contributed by atoms with Gasteiger partial charge in [-0.3, -0.25) is 9.59 Å². The average Bonchev–Trinajstić information content (AvgIpc) is 3.55. The molecule has 0 bridgehead atoms. The highest BCUT2D eigenvalue weighted by Gasteiger charge is 2.24. The lowest BCUT2D eigenvalue weighted by atomic mass is 10.00. The van der Waals surface area contributed by atoms with E-state index in [1.165, 1.54) is 494 Å². The topological polar surface area (TPSA) is 74.6 Å². The van der Waals surface area contributed by atoms with Gasteiger partial charge in [-0.25, -0.2) is 0 Å². The number of rotatable bonds is 83. The fraction of sp³-hybridized carbons (Fsp3) is 0.976. The summed E-state index contributed by atoms with van der Waals surface area (Å²) in [6, 6.07) is 0. The van der Waals surface area contributed by atoms with Gasteiger partial charge in [0.15, 0.2) is 5.92 Å². The number of carbonyl (C=O) groups is 2. The van der Waals surface area contributed by atoms with Crippen molar-refractivity contribution in [1.82, 2.24) is 0 Å². The van der Waals surface area contributed by atoms with Crippen molar-refractivity contribution < 1.29 is 19.8 Å². The molecule has 0 aromatic carbocycles. The van der Waals surface area contributed by atoms with Gasteiger partial charge in [-0.15, -0.1) is 0 Å². The van der Waals surface area contributed by atoms with Crippen molar-refractivity contribution in [3.8, 4) is 0 Å². The molecule has 0 rings (SSSR count). The van der Waals surface area contributed by atoms with E-state index in [4.69, 9.17) is 10.2 Å². The molecule has 0 heterocycles. The lowest BCUT2D eigenvalue weighted by Gasteiger charge is -2.07. The van der Waals surface area contributed by atoms with Crippen molar-refractivity contribution in [2.75, 3.05) is 0 Å². The van der Waals surface area contributed by atoms with Crippen LogP contribution in [0.4, 0.5) is 0 Å². The maximum Gasteiger partial charge on any atom is 0.317 e. The van der Waals surface area contributed by atoms with E-state index in [-0.39, 0.29) is 6.42 Å². The zero-order chi connectivity index (χ0) is 64.0. The van der Waals surface area contributed by atoms with Gasteiger partial charge in [0.25, 0.3) is 0 Å². The van der Waals surface area contributed by atoms with Gasteiger partial charge in [0.1, 0.15) is 0 Å². The summed E-state index contributed by atoms with van der Waals surface area (Å²) in [5.41, 5.74) is 0. The largest absolute Gasteiger partial charge is 0.481 e. The molecule has 0 aromatic heterocycles. The van der Waals surface area contributed by atoms with Gasteiger partial charge < -0.3 is 10.2 Å². The summed E-state index contributed by atoms with van der Waals surface area (Å²) in [6.07, 6.45) is 116. The van der Waals surface area contributed by atoms with Gasteiger partial charge in [-0.2, -0.15) is 0 Å². The van der Waals surface area contributed by atoms with Crippen molar-refractivity contribution in [2.45, 2.75) is 527 Å². The highest BCUT2D eigenvalue weighted by atomic mass is 16.4. The lowest BCUT2D eigenvalue weighted by Crippen LogP contribution is -2.23. The first-order valence-electron chi connectivity index (χ1n) is 42.5. The van der Waals surface area contributed by atoms with E-state index in [1.807, 2.05) is 0 Å². The second-order valence-corrected chi connectivity index (χ2v) is 29.9. The third-order valence-electron chi connectivity index (χ3n) is 20.9. The standard InChI is InChI=1S/C85H168O4/c1-2-3-4-5-6-7-8-9-10-11-12-13-14-15-16-17-18-19-20-21-22-23-24-25-26-27-28-29-30-31-32-33-34-35-36-37-38-39-40-41-42-43-44-45-46-47-48-49-50-51-52-53-54-55-56-57-58-59-60-61-62-63-64-65-66-67-68-69-70-71-72-73-74-75-76-77-78-79-80-81-82-83(84(86)87)85(88)89/h83H,2-82H2,1H3,(H,86,87)(H,88,89). The molecule has 0 aliphatic carbocycles. The Kier molecular flexibility index (Phi) is 80.2. The maximum atomic E-state index is 10.9. The van der Waals surface area contributed by atoms with Crippen LogP contribution < -0.4 is 0 Å². The minimum Gasteiger partial charge on any atom is -0.481 e. The average molecular weight is 1250 g/mol. The lowest BCUT2D eigenvalue weighted by molar-refractivity contribution is -0.154. The van der Waals surface area contributed by atoms with Gasteiger partial charge in [0.2, 0.25) is 0 Å². The number of hydrogen-bond donors (Lipinski definition) is 2. The summed E-state index contributed by atoms with van der Waals surface area (Å²) in [6.45, 7) is 2.31. The SMILES string of the molecule is CCCCCCCCCCCCCCCCCCCCCCCCCCCCCCCCCCCCCCCCCCCCCCCCCCCCCCCCCCCCCCCCCCCCCCCCCCCCCCCCCCC(C(=O)O)C(=O)O. The predicted octanol–water partition coefficient (Wildman–Crippen LogP) is 31.4. The van der Waals surface area contributed by atoms with E-state index in [0.717, 1.165) is 12.8 Å². The molecule has 0 fully saturated rings. The van der Waals surface area contributed by atoms with E-state index in [2.05, 4.69) is 6.92 Å². The third kappa shape index (κ3) is 79.3. The van der Waals surface area contributed by atoms with Crippen molar-refractivity contribution >= 4 is 11.9 Å². The van der Waals surface area contributed by atoms with Crippen LogP contribution >= 0.6 is 0 Å². The van der Waals surface area contributed by atoms with Crippen LogP contribution in [0.1, 0.15) is 527 Å². The molecule has 0 aliphatic heterocycles. The molecule has 0 amide bonds. The zero-order valence-corrected chi connectivity index (χ0v) is 61.6. The van der Waals surface area contributed by atoms with Gasteiger partial charge in [-0.1, -0.05) is 521 Å². The monoisotopic (exact) mass is 1250 g/mol. The Morgan fingerprint density at radius 1 is 0.157 bits per heavy atom. The molecule has 89 heavy (non-hydrogen) atoms. The Morgan fingerprint density at radius 2 is 0.236 bits per heavy atom. The molecule has 0 aliphatic rings. The fourth-order valence-electron chi connectivity index (χ4n) is 14.6. The van der Waals surface area contributed by atoms with Crippen molar-refractivity contribution in [3.05, 3.63) is 0 Å². The quantitative estimate of drug-likeness (QED) is 0.0470. The van der Waals surface area contributed by atoms with E-state index in [0.29, 0.717) is 6.42 Å². The Hall–Kier alpha value is -1.06. The molecule has 0 aromatic rings. The number of carboxylic acids is 2. The van der Waals surface area contributed by atoms with Crippen LogP contribution in [0.25, 0.3) is 0 Å². The minimum absolute atomic E-state index is 0.255. The van der Waals surface area contributed by atoms with Crippen LogP contribution in [0.2, 0.25) is 0 Å². The molecular formula is C85H168O4. The fourth-order valence-corrected chi connectivity index (χ4v) is 14.6. The van der Waals surface area contributed by atoms with Gasteiger partial charge in [0, 0.05) is 0 Å². The number of carboxylic acid groups (broad SMARTS) is 2. The minimum atomic E-state index is -1.24. The number of unbranched alkanes of at least 4 members (excludes halogenated alkanes) is 79. The first-order valence-corrected chi connectivity index (χ1v) is 42.5. The molecule has 0 saturated heterocycles. The van der Waals surface area contributed by atoms with E-state index >= 15 is 0 Å². The van der Waals surface area contributed by atoms with Gasteiger partial charge in [0.05, 0.1) is 0 Å². The molecule has 4 nitrogen and oxygen atoms in total. The highest BCUT2D eigenvalue weighted by molar-refractivity contribution is 5.92. The Bertz CT molecular complexity index is 1270. The van der Waals surface area contributed by atoms with E-state index in [9.17, 15) is 9.59 Å². The van der Waals surface area contributed by atoms with Crippen molar-refractivity contribution in [1.29, 1.82) is 0 Å². The summed E-state index contributed by atoms with van der Waals surface area (Å²) < 4.78 is 0. The van der Waals surface area contributed by atoms with Crippen molar-refractivity contribution in [2.24, 2.45) is 5.92 Å². The second kappa shape index (κ2) is 81.2. The number of aliphatic carboxylic acids is 2. The summed E-state index contributed by atoms with van der Waals surface area (Å²) in [4.78, 5) is 21.9. The Morgan fingerprint density at radius 3 is 0.315 bits per heavy atom. The summed E-state index contributed by atoms with van der Waals surface area (Å²) in [5.74, 6) is -3.65. The van der Waals surface area contributed by atoms with Crippen LogP contribution in [-0.4, -0.2) is 22.2 Å². The summed E-state index contributed by atoms with van der Waals surface area (Å²) in [5, 5.41) is 17.9. The normalized spacial score (nSPS) is 11.8. The van der Waals surface area contributed by atoms with Crippen LogP contribution in [0, 0.1) is 5.92 Å². The molecular weight excluding hydrogens is 1080 g/mol. The van der Waals surface area contributed by atoms with Crippen LogP contribution in [-0.2, 0) is 9.59 Å². The van der Waals surface area contributed by atoms with Crippen molar-refractivity contribution in [3.63, 3.8) is 0 Å². The Balaban J connectivity index is 3.11. The van der Waals surface area contributed by atoms with Crippen LogP contribution in [0.15, 0.2) is 0 Å². The molecule has 0 spiro atoms. The smallest absolute Gasteiger partial charge is 0.317 e. The molecule has 532 valence electrons. The maximum absolute atomic E-state index is 10.9. The van der Waals surface area contributed by atoms with Gasteiger partial charge >= 0.3 is 11.9 Å². The molecule has 4 heteroatoms. The molecule has 0 radical (unpaired) electrons. The van der Waals surface area contributed by atoms with E-state index in [1.54, 1.807) is 0 Å². The summed E-state index contributed by atoms with van der Waals surface area (Å²) in [7, 11) is 0. The predicted molar refractivity (Wildman–Crippen MR) is 398 cm³/mol. The van der Waals surface area contributed by atoms with Crippen LogP contribution in [0.5, 0.6) is 0 Å². The first kappa shape index (κ1) is 87.9. The van der Waals surface area contributed by atoms with Gasteiger partial charge in [-0.05, 0) is 6.42 Å². The molecule has 0 unspecified atom stereocenters. The highest BCUT2D eigenvalue weighted by Crippen LogP contribution is 2.22. The number of hydrogen-bond acceptors (Lipinski definition) is 2. The third-order valence-corrected chi connectivity index (χ3v) is 20.9. The molecule has 0 atom stereocenters. The summed E-state index contributed by atoms with van der Waals surface area (Å²) >= 11 is 0. The zero-order valence-electron chi connectivity index (χ0n) is 61.6. The van der Waals surface area contributed by atoms with Crippen LogP contribution in [0.3, 0.4) is 0 Å². The molecule has 2 N–H and O–H groups in total.